The zero-order valence-corrected chi connectivity index (χ0v) is 15.7. The smallest absolute Gasteiger partial charge is 0.228 e. The second-order valence-electron chi connectivity index (χ2n) is 6.25. The average molecular weight is 335 g/mol. The van der Waals surface area contributed by atoms with Crippen LogP contribution in [0.4, 0.5) is 0 Å². The van der Waals surface area contributed by atoms with Crippen LogP contribution >= 0.6 is 0 Å². The summed E-state index contributed by atoms with van der Waals surface area (Å²) in [4.78, 5) is 11.2. The quantitative estimate of drug-likeness (QED) is 0.291. The maximum Gasteiger partial charge on any atom is 0.228 e. The topological polar surface area (TPSA) is 66.5 Å². The number of rotatable bonds is 11. The molecule has 0 radical (unpaired) electrons. The lowest BCUT2D eigenvalue weighted by Crippen LogP contribution is -2.39. The van der Waals surface area contributed by atoms with Crippen LogP contribution in [0.3, 0.4) is 0 Å². The number of nitrogens with zero attached hydrogens (tertiary/aromatic N) is 4. The summed E-state index contributed by atoms with van der Waals surface area (Å²) in [5.74, 6) is 2.64. The summed E-state index contributed by atoms with van der Waals surface area (Å²) in [6.07, 6.45) is 7.34. The zero-order chi connectivity index (χ0) is 17.8. The fraction of sp³-hybridized carbons (Fsp3) is 0.722. The number of guanidine groups is 1. The molecule has 0 aliphatic rings. The molecule has 0 unspecified atom stereocenters. The Kier molecular flexibility index (Phi) is 9.80. The van der Waals surface area contributed by atoms with Gasteiger partial charge in [-0.05, 0) is 26.2 Å². The summed E-state index contributed by atoms with van der Waals surface area (Å²) in [6, 6.07) is 0. The zero-order valence-electron chi connectivity index (χ0n) is 15.7. The fourth-order valence-electron chi connectivity index (χ4n) is 2.25. The Bertz CT molecular complexity index is 495. The number of allylic oxidation sites excluding steroid dienone is 1. The van der Waals surface area contributed by atoms with E-state index in [4.69, 9.17) is 4.52 Å². The lowest BCUT2D eigenvalue weighted by molar-refractivity contribution is 0.372. The lowest BCUT2D eigenvalue weighted by atomic mass is 10.2. The van der Waals surface area contributed by atoms with Gasteiger partial charge in [-0.25, -0.2) is 0 Å². The maximum absolute atomic E-state index is 5.26. The molecule has 1 N–H and O–H groups in total. The van der Waals surface area contributed by atoms with Crippen molar-refractivity contribution >= 4 is 5.96 Å². The first-order chi connectivity index (χ1) is 11.6. The highest BCUT2D eigenvalue weighted by molar-refractivity contribution is 5.79. The molecule has 136 valence electrons. The summed E-state index contributed by atoms with van der Waals surface area (Å²) in [7, 11) is 2.08. The second kappa shape index (κ2) is 11.6. The molecule has 24 heavy (non-hydrogen) atoms. The van der Waals surface area contributed by atoms with Gasteiger partial charge in [-0.2, -0.15) is 4.98 Å². The van der Waals surface area contributed by atoms with Gasteiger partial charge in [0.15, 0.2) is 11.8 Å². The summed E-state index contributed by atoms with van der Waals surface area (Å²) >= 11 is 0. The van der Waals surface area contributed by atoms with Crippen LogP contribution in [-0.2, 0) is 6.42 Å². The second-order valence-corrected chi connectivity index (χ2v) is 6.25. The van der Waals surface area contributed by atoms with Crippen LogP contribution in [0, 0.1) is 0 Å². The molecule has 1 aromatic heterocycles. The Hall–Kier alpha value is -1.85. The van der Waals surface area contributed by atoms with Crippen LogP contribution in [0.15, 0.2) is 22.2 Å². The summed E-state index contributed by atoms with van der Waals surface area (Å²) in [6.45, 7) is 12.5. The van der Waals surface area contributed by atoms with E-state index in [1.54, 1.807) is 0 Å². The van der Waals surface area contributed by atoms with Crippen LogP contribution in [0.2, 0.25) is 0 Å². The molecule has 0 aliphatic heterocycles. The predicted molar refractivity (Wildman–Crippen MR) is 99.4 cm³/mol. The van der Waals surface area contributed by atoms with Crippen molar-refractivity contribution < 1.29 is 4.52 Å². The third-order valence-electron chi connectivity index (χ3n) is 3.69. The van der Waals surface area contributed by atoms with Crippen molar-refractivity contribution in [2.24, 2.45) is 4.99 Å². The third-order valence-corrected chi connectivity index (χ3v) is 3.69. The van der Waals surface area contributed by atoms with Crippen molar-refractivity contribution in [1.29, 1.82) is 0 Å². The molecule has 1 rings (SSSR count). The van der Waals surface area contributed by atoms with Crippen molar-refractivity contribution in [3.8, 4) is 0 Å². The van der Waals surface area contributed by atoms with Gasteiger partial charge in [0.1, 0.15) is 0 Å². The van der Waals surface area contributed by atoms with E-state index in [1.165, 1.54) is 12.8 Å². The molecule has 0 aromatic carbocycles. The van der Waals surface area contributed by atoms with Gasteiger partial charge in [-0.1, -0.05) is 31.5 Å². The molecule has 0 amide bonds. The largest absolute Gasteiger partial charge is 0.357 e. The first kappa shape index (κ1) is 20.2. The van der Waals surface area contributed by atoms with Crippen molar-refractivity contribution in [2.45, 2.75) is 58.8 Å². The average Bonchev–Trinajstić information content (AvgIpc) is 3.03. The Morgan fingerprint density at radius 1 is 1.38 bits per heavy atom. The van der Waals surface area contributed by atoms with Gasteiger partial charge in [0.05, 0.1) is 6.54 Å². The van der Waals surface area contributed by atoms with Crippen LogP contribution in [0.25, 0.3) is 0 Å². The third kappa shape index (κ3) is 7.62. The first-order valence-electron chi connectivity index (χ1n) is 9.01. The molecule has 0 spiro atoms. The first-order valence-corrected chi connectivity index (χ1v) is 9.01. The number of nitrogens with one attached hydrogen (secondary N) is 1. The lowest BCUT2D eigenvalue weighted by Gasteiger charge is -2.21. The maximum atomic E-state index is 5.26. The molecular weight excluding hydrogens is 302 g/mol. The van der Waals surface area contributed by atoms with E-state index >= 15 is 0 Å². The van der Waals surface area contributed by atoms with Gasteiger partial charge >= 0.3 is 0 Å². The van der Waals surface area contributed by atoms with Crippen molar-refractivity contribution in [1.82, 2.24) is 20.4 Å². The van der Waals surface area contributed by atoms with Gasteiger partial charge in [0.2, 0.25) is 5.89 Å². The number of aromatic nitrogens is 2. The van der Waals surface area contributed by atoms with Gasteiger partial charge in [-0.15, -0.1) is 6.58 Å². The number of aliphatic imine (C=N–C) groups is 1. The van der Waals surface area contributed by atoms with E-state index in [0.29, 0.717) is 18.9 Å². The van der Waals surface area contributed by atoms with E-state index in [9.17, 15) is 0 Å². The van der Waals surface area contributed by atoms with E-state index in [-0.39, 0.29) is 5.92 Å². The molecule has 6 nitrogen and oxygen atoms in total. The molecule has 0 bridgehead atoms. The Morgan fingerprint density at radius 2 is 2.17 bits per heavy atom. The molecular formula is C18H33N5O. The number of hydrogen-bond acceptors (Lipinski definition) is 4. The van der Waals surface area contributed by atoms with Gasteiger partial charge in [-0.3, -0.25) is 4.99 Å². The van der Waals surface area contributed by atoms with Gasteiger partial charge < -0.3 is 14.7 Å². The minimum atomic E-state index is 0.288. The monoisotopic (exact) mass is 335 g/mol. The molecule has 1 heterocycles. The normalized spacial score (nSPS) is 11.8. The van der Waals surface area contributed by atoms with Gasteiger partial charge in [0, 0.05) is 32.5 Å². The SMILES string of the molecule is C=CCCCCCN(C)C(=NCCc1nc(C(C)C)no1)NCC. The minimum Gasteiger partial charge on any atom is -0.357 e. The Labute approximate surface area is 146 Å². The van der Waals surface area contributed by atoms with E-state index in [1.807, 2.05) is 6.08 Å². The summed E-state index contributed by atoms with van der Waals surface area (Å²) < 4.78 is 5.26. The number of unbranched alkanes of at least 4 members (excludes halogenated alkanes) is 3. The van der Waals surface area contributed by atoms with Gasteiger partial charge in [0.25, 0.3) is 0 Å². The molecule has 0 atom stereocenters. The summed E-state index contributed by atoms with van der Waals surface area (Å²) in [5.41, 5.74) is 0. The Balaban J connectivity index is 2.43. The van der Waals surface area contributed by atoms with Crippen LogP contribution in [-0.4, -0.2) is 47.7 Å². The molecule has 1 aromatic rings. The highest BCUT2D eigenvalue weighted by atomic mass is 16.5. The van der Waals surface area contributed by atoms with Crippen molar-refractivity contribution in [2.75, 3.05) is 26.7 Å². The molecule has 0 fully saturated rings. The molecule has 0 aliphatic carbocycles. The molecule has 0 saturated heterocycles. The van der Waals surface area contributed by atoms with Crippen LogP contribution < -0.4 is 5.32 Å². The minimum absolute atomic E-state index is 0.288. The highest BCUT2D eigenvalue weighted by Gasteiger charge is 2.10. The predicted octanol–water partition coefficient (Wildman–Crippen LogP) is 3.38. The van der Waals surface area contributed by atoms with E-state index in [2.05, 4.69) is 59.7 Å². The van der Waals surface area contributed by atoms with Crippen molar-refractivity contribution in [3.05, 3.63) is 24.4 Å². The molecule has 6 heteroatoms. The fourth-order valence-corrected chi connectivity index (χ4v) is 2.25. The number of hydrogen-bond donors (Lipinski definition) is 1. The van der Waals surface area contributed by atoms with E-state index in [0.717, 1.165) is 37.7 Å². The summed E-state index contributed by atoms with van der Waals surface area (Å²) in [5, 5.41) is 7.32. The Morgan fingerprint density at radius 3 is 2.79 bits per heavy atom. The van der Waals surface area contributed by atoms with E-state index < -0.39 is 0 Å². The highest BCUT2D eigenvalue weighted by Crippen LogP contribution is 2.09. The van der Waals surface area contributed by atoms with Crippen LogP contribution in [0.5, 0.6) is 0 Å². The van der Waals surface area contributed by atoms with Crippen molar-refractivity contribution in [3.63, 3.8) is 0 Å². The molecule has 0 saturated carbocycles. The standard InChI is InChI=1S/C18H33N5O/c1-6-8-9-10-11-14-23(5)18(19-7-2)20-13-12-16-21-17(15(3)4)22-24-16/h6,15H,1,7-14H2,2-5H3,(H,19,20). The van der Waals surface area contributed by atoms with Crippen LogP contribution in [0.1, 0.15) is 64.1 Å².